The van der Waals surface area contributed by atoms with Crippen LogP contribution in [0, 0.1) is 17.8 Å². The quantitative estimate of drug-likeness (QED) is 0.210. The molecular formula is C28H41NO9. The average molecular weight is 536 g/mol. The number of benzene rings is 2. The van der Waals surface area contributed by atoms with Gasteiger partial charge in [0.25, 0.3) is 0 Å². The van der Waals surface area contributed by atoms with Crippen LogP contribution >= 0.6 is 0 Å². The van der Waals surface area contributed by atoms with Crippen molar-refractivity contribution >= 4 is 0 Å². The predicted octanol–water partition coefficient (Wildman–Crippen LogP) is 1.83. The molecule has 0 aromatic heterocycles. The van der Waals surface area contributed by atoms with E-state index in [4.69, 9.17) is 18.9 Å². The fourth-order valence-electron chi connectivity index (χ4n) is 5.70. The van der Waals surface area contributed by atoms with Gasteiger partial charge in [-0.05, 0) is 80.6 Å². The van der Waals surface area contributed by atoms with E-state index in [9.17, 15) is 25.5 Å². The Balaban J connectivity index is 1.87. The van der Waals surface area contributed by atoms with Crippen molar-refractivity contribution in [3.8, 4) is 28.7 Å². The van der Waals surface area contributed by atoms with Crippen molar-refractivity contribution < 1.29 is 44.5 Å². The number of aliphatic hydroxyl groups is 3. The number of methoxy groups -OCH3 is 3. The van der Waals surface area contributed by atoms with Gasteiger partial charge >= 0.3 is 0 Å². The second-order valence-electron chi connectivity index (χ2n) is 9.78. The van der Waals surface area contributed by atoms with Gasteiger partial charge in [-0.25, -0.2) is 0 Å². The highest BCUT2D eigenvalue weighted by Crippen LogP contribution is 2.42. The van der Waals surface area contributed by atoms with Crippen LogP contribution in [0.2, 0.25) is 0 Å². The third-order valence-corrected chi connectivity index (χ3v) is 7.57. The number of aliphatic hydroxyl groups excluding tert-OH is 3. The zero-order valence-corrected chi connectivity index (χ0v) is 22.5. The molecule has 2 aromatic rings. The van der Waals surface area contributed by atoms with Crippen molar-refractivity contribution in [3.05, 3.63) is 41.5 Å². The number of phenols is 2. The fourth-order valence-corrected chi connectivity index (χ4v) is 5.70. The first kappa shape index (κ1) is 29.8. The van der Waals surface area contributed by atoms with E-state index in [1.165, 1.54) is 21.3 Å². The Kier molecular flexibility index (Phi) is 10.9. The van der Waals surface area contributed by atoms with Gasteiger partial charge < -0.3 is 49.8 Å². The molecular weight excluding hydrogens is 494 g/mol. The molecule has 1 aliphatic rings. The van der Waals surface area contributed by atoms with E-state index < -0.39 is 31.0 Å². The molecule has 10 heteroatoms. The highest BCUT2D eigenvalue weighted by molar-refractivity contribution is 5.53. The molecule has 0 bridgehead atoms. The molecule has 0 radical (unpaired) electrons. The Labute approximate surface area is 223 Å². The van der Waals surface area contributed by atoms with Crippen LogP contribution in [-0.4, -0.2) is 85.6 Å². The minimum absolute atomic E-state index is 0.0514. The van der Waals surface area contributed by atoms with Crippen molar-refractivity contribution in [2.24, 2.45) is 17.8 Å². The summed E-state index contributed by atoms with van der Waals surface area (Å²) in [6.07, 6.45) is -0.379. The van der Waals surface area contributed by atoms with E-state index in [1.807, 2.05) is 7.05 Å². The molecule has 2 aromatic carbocycles. The van der Waals surface area contributed by atoms with Gasteiger partial charge in [0.05, 0.1) is 39.6 Å². The lowest BCUT2D eigenvalue weighted by atomic mass is 9.66. The lowest BCUT2D eigenvalue weighted by Gasteiger charge is -2.46. The summed E-state index contributed by atoms with van der Waals surface area (Å²) in [7, 11) is 6.20. The molecule has 38 heavy (non-hydrogen) atoms. The molecule has 0 saturated heterocycles. The van der Waals surface area contributed by atoms with Gasteiger partial charge in [-0.15, -0.1) is 0 Å². The van der Waals surface area contributed by atoms with E-state index >= 15 is 0 Å². The van der Waals surface area contributed by atoms with Gasteiger partial charge in [0.15, 0.2) is 23.0 Å². The second kappa shape index (κ2) is 13.9. The minimum atomic E-state index is -0.936. The number of phenolic OH excluding ortho intramolecular Hbond substituents is 2. The molecule has 6 N–H and O–H groups in total. The van der Waals surface area contributed by atoms with Gasteiger partial charge in [-0.2, -0.15) is 0 Å². The van der Waals surface area contributed by atoms with Gasteiger partial charge in [0.2, 0.25) is 5.75 Å². The summed E-state index contributed by atoms with van der Waals surface area (Å²) < 4.78 is 21.5. The van der Waals surface area contributed by atoms with Gasteiger partial charge in [-0.3, -0.25) is 0 Å². The van der Waals surface area contributed by atoms with Gasteiger partial charge in [0.1, 0.15) is 6.79 Å². The Morgan fingerprint density at radius 2 is 1.58 bits per heavy atom. The fraction of sp³-hybridized carbons (Fsp3) is 0.571. The van der Waals surface area contributed by atoms with Crippen LogP contribution in [0.25, 0.3) is 0 Å². The van der Waals surface area contributed by atoms with E-state index in [1.54, 1.807) is 30.3 Å². The molecule has 1 saturated carbocycles. The number of aromatic hydroxyl groups is 2. The van der Waals surface area contributed by atoms with E-state index in [2.05, 4.69) is 5.32 Å². The van der Waals surface area contributed by atoms with Gasteiger partial charge in [0, 0.05) is 11.8 Å². The van der Waals surface area contributed by atoms with Crippen LogP contribution < -0.4 is 19.5 Å². The number of aryl methyl sites for hydroxylation is 1. The third kappa shape index (κ3) is 6.81. The summed E-state index contributed by atoms with van der Waals surface area (Å²) in [5, 5.41) is 55.8. The maximum absolute atomic E-state index is 11.7. The highest BCUT2D eigenvalue weighted by atomic mass is 16.6. The van der Waals surface area contributed by atoms with Crippen LogP contribution in [0.5, 0.6) is 28.7 Å². The number of nitrogens with one attached hydrogen (secondary N) is 1. The molecule has 0 spiro atoms. The van der Waals surface area contributed by atoms with Gasteiger partial charge in [-0.1, -0.05) is 6.07 Å². The second-order valence-corrected chi connectivity index (χ2v) is 9.78. The SMILES string of the molecule is CNC[C@@H]1C[C@@H](O)[C@@H](Cc2cc(OC)c(O)c(OC)c2)[C@H](O)[C@H]1[C@H](CCc1ccc(O)c(OC)c1)OCO. The topological polar surface area (TPSA) is 150 Å². The molecule has 0 aliphatic heterocycles. The Bertz CT molecular complexity index is 1010. The molecule has 1 aliphatic carbocycles. The Morgan fingerprint density at radius 3 is 2.16 bits per heavy atom. The van der Waals surface area contributed by atoms with Crippen molar-refractivity contribution in [3.63, 3.8) is 0 Å². The van der Waals surface area contributed by atoms with Crippen molar-refractivity contribution in [1.29, 1.82) is 0 Å². The smallest absolute Gasteiger partial charge is 0.200 e. The first-order valence-corrected chi connectivity index (χ1v) is 12.8. The van der Waals surface area contributed by atoms with Crippen LogP contribution in [-0.2, 0) is 17.6 Å². The number of hydrogen-bond acceptors (Lipinski definition) is 10. The number of hydrogen-bond donors (Lipinski definition) is 6. The van der Waals surface area contributed by atoms with Crippen molar-refractivity contribution in [2.45, 2.75) is 44.0 Å². The van der Waals surface area contributed by atoms with E-state index in [0.717, 1.165) is 11.1 Å². The normalized spacial score (nSPS) is 24.1. The average Bonchev–Trinajstić information content (AvgIpc) is 2.91. The standard InChI is InChI=1S/C28H41NO9/c1-29-14-18-13-21(32)19(9-17-11-24(36-3)28(34)25(12-17)37-4)27(33)26(18)22(38-15-30)8-6-16-5-7-20(31)23(10-16)35-2/h5,7,10-12,18-19,21-22,26-27,29-34H,6,8-9,13-15H2,1-4H3/t18-,19+,21+,22-,26+,27-/m0/s1. The maximum atomic E-state index is 11.7. The van der Waals surface area contributed by atoms with Crippen LogP contribution in [0.1, 0.15) is 24.0 Å². The summed E-state index contributed by atoms with van der Waals surface area (Å²) in [5.74, 6) is -0.197. The molecule has 3 rings (SSSR count). The largest absolute Gasteiger partial charge is 0.504 e. The van der Waals surface area contributed by atoms with Crippen molar-refractivity contribution in [1.82, 2.24) is 5.32 Å². The summed E-state index contributed by atoms with van der Waals surface area (Å²) in [6.45, 7) is 0.0589. The summed E-state index contributed by atoms with van der Waals surface area (Å²) in [5.41, 5.74) is 1.66. The van der Waals surface area contributed by atoms with Crippen LogP contribution in [0.4, 0.5) is 0 Å². The summed E-state index contributed by atoms with van der Waals surface area (Å²) >= 11 is 0. The summed E-state index contributed by atoms with van der Waals surface area (Å²) in [4.78, 5) is 0. The molecule has 1 fully saturated rings. The lowest BCUT2D eigenvalue weighted by molar-refractivity contribution is -0.156. The first-order chi connectivity index (χ1) is 18.3. The summed E-state index contributed by atoms with van der Waals surface area (Å²) in [6, 6.07) is 8.47. The number of rotatable bonds is 13. The highest BCUT2D eigenvalue weighted by Gasteiger charge is 2.46. The number of ether oxygens (including phenoxy) is 4. The maximum Gasteiger partial charge on any atom is 0.200 e. The Hall–Kier alpha value is -2.76. The first-order valence-electron chi connectivity index (χ1n) is 12.8. The zero-order chi connectivity index (χ0) is 27.8. The lowest BCUT2D eigenvalue weighted by Crippen LogP contribution is -2.54. The van der Waals surface area contributed by atoms with Crippen LogP contribution in [0.15, 0.2) is 30.3 Å². The predicted molar refractivity (Wildman–Crippen MR) is 141 cm³/mol. The molecule has 0 amide bonds. The molecule has 6 atom stereocenters. The molecule has 212 valence electrons. The van der Waals surface area contributed by atoms with E-state index in [0.29, 0.717) is 38.0 Å². The van der Waals surface area contributed by atoms with Crippen LogP contribution in [0.3, 0.4) is 0 Å². The monoisotopic (exact) mass is 535 g/mol. The third-order valence-electron chi connectivity index (χ3n) is 7.57. The molecule has 10 nitrogen and oxygen atoms in total. The van der Waals surface area contributed by atoms with E-state index in [-0.39, 0.29) is 34.8 Å². The molecule has 0 unspecified atom stereocenters. The van der Waals surface area contributed by atoms with Crippen molar-refractivity contribution in [2.75, 3.05) is 41.7 Å². The minimum Gasteiger partial charge on any atom is -0.504 e. The Morgan fingerprint density at radius 1 is 0.947 bits per heavy atom. The molecule has 0 heterocycles. The zero-order valence-electron chi connectivity index (χ0n) is 22.5.